The van der Waals surface area contributed by atoms with Crippen LogP contribution >= 0.6 is 0 Å². The first-order valence-corrected chi connectivity index (χ1v) is 3.76. The van der Waals surface area contributed by atoms with E-state index < -0.39 is 5.97 Å². The fraction of sp³-hybridized carbons (Fsp3) is 0. The molecule has 0 amide bonds. The maximum Gasteiger partial charge on any atom is 0.339 e. The van der Waals surface area contributed by atoms with Crippen LogP contribution in [0.5, 0.6) is 0 Å². The average Bonchev–Trinajstić information content (AvgIpc) is 2.18. The Morgan fingerprint density at radius 3 is 2.93 bits per heavy atom. The first-order chi connectivity index (χ1) is 6.66. The van der Waals surface area contributed by atoms with Crippen LogP contribution in [0.3, 0.4) is 0 Å². The van der Waals surface area contributed by atoms with Crippen LogP contribution in [0, 0.1) is 0 Å². The molecule has 0 saturated heterocycles. The molecular formula is C8H10N4O2. The number of nitrogens with two attached hydrogens (primary N) is 2. The molecule has 0 bridgehead atoms. The number of nitrogens with zero attached hydrogens (tertiary/aromatic N) is 2. The Morgan fingerprint density at radius 1 is 1.64 bits per heavy atom. The number of carbonyl (C=O) groups is 1. The molecule has 0 aromatic carbocycles. The van der Waals surface area contributed by atoms with Crippen molar-refractivity contribution in [2.75, 3.05) is 5.01 Å². The van der Waals surface area contributed by atoms with Crippen molar-refractivity contribution in [3.8, 4) is 0 Å². The van der Waals surface area contributed by atoms with Crippen LogP contribution in [-0.4, -0.2) is 16.1 Å². The maximum absolute atomic E-state index is 10.8. The van der Waals surface area contributed by atoms with Gasteiger partial charge in [0.1, 0.15) is 5.56 Å². The first kappa shape index (κ1) is 10.0. The van der Waals surface area contributed by atoms with Gasteiger partial charge in [0.15, 0.2) is 0 Å². The lowest BCUT2D eigenvalue weighted by molar-refractivity contribution is 0.0697. The summed E-state index contributed by atoms with van der Waals surface area (Å²) in [6, 6.07) is 1.49. The zero-order chi connectivity index (χ0) is 10.6. The highest BCUT2D eigenvalue weighted by Gasteiger charge is 2.11. The van der Waals surface area contributed by atoms with E-state index in [0.29, 0.717) is 5.69 Å². The highest BCUT2D eigenvalue weighted by Crippen LogP contribution is 2.16. The van der Waals surface area contributed by atoms with Crippen LogP contribution in [0.2, 0.25) is 0 Å². The molecular weight excluding hydrogens is 184 g/mol. The fourth-order valence-electron chi connectivity index (χ4n) is 0.950. The largest absolute Gasteiger partial charge is 0.478 e. The van der Waals surface area contributed by atoms with Gasteiger partial charge in [-0.1, -0.05) is 0 Å². The summed E-state index contributed by atoms with van der Waals surface area (Å²) in [7, 11) is 0. The molecule has 1 aromatic heterocycles. The lowest BCUT2D eigenvalue weighted by atomic mass is 10.2. The second kappa shape index (κ2) is 4.24. The van der Waals surface area contributed by atoms with Crippen molar-refractivity contribution in [3.63, 3.8) is 0 Å². The van der Waals surface area contributed by atoms with E-state index in [1.165, 1.54) is 30.9 Å². The third-order valence-corrected chi connectivity index (χ3v) is 1.55. The molecule has 0 fully saturated rings. The van der Waals surface area contributed by atoms with E-state index >= 15 is 0 Å². The topological polar surface area (TPSA) is 105 Å². The van der Waals surface area contributed by atoms with Gasteiger partial charge >= 0.3 is 5.97 Å². The zero-order valence-corrected chi connectivity index (χ0v) is 7.29. The summed E-state index contributed by atoms with van der Waals surface area (Å²) in [6.07, 6.45) is 5.24. The van der Waals surface area contributed by atoms with Gasteiger partial charge in [-0.05, 0) is 6.07 Å². The summed E-state index contributed by atoms with van der Waals surface area (Å²) in [6.45, 7) is 0. The Morgan fingerprint density at radius 2 is 2.36 bits per heavy atom. The zero-order valence-electron chi connectivity index (χ0n) is 7.29. The molecule has 14 heavy (non-hydrogen) atoms. The number of rotatable bonds is 3. The molecule has 0 spiro atoms. The molecule has 6 nitrogen and oxygen atoms in total. The van der Waals surface area contributed by atoms with Crippen LogP contribution in [0.4, 0.5) is 5.69 Å². The third-order valence-electron chi connectivity index (χ3n) is 1.55. The third kappa shape index (κ3) is 1.99. The summed E-state index contributed by atoms with van der Waals surface area (Å²) in [5, 5.41) is 9.92. The summed E-state index contributed by atoms with van der Waals surface area (Å²) in [5.41, 5.74) is 5.48. The fourth-order valence-corrected chi connectivity index (χ4v) is 0.950. The Labute approximate surface area is 80.4 Å². The van der Waals surface area contributed by atoms with E-state index in [1.807, 2.05) is 0 Å². The number of carboxylic acids is 1. The van der Waals surface area contributed by atoms with Gasteiger partial charge in [0.05, 0.1) is 5.69 Å². The van der Waals surface area contributed by atoms with E-state index in [1.54, 1.807) is 0 Å². The number of hydrogen-bond donors (Lipinski definition) is 3. The average molecular weight is 194 g/mol. The predicted octanol–water partition coefficient (Wildman–Crippen LogP) is -0.110. The molecule has 0 aliphatic rings. The Bertz CT molecular complexity index is 364. The van der Waals surface area contributed by atoms with Crippen molar-refractivity contribution in [3.05, 3.63) is 36.4 Å². The summed E-state index contributed by atoms with van der Waals surface area (Å²) >= 11 is 0. The Kier molecular flexibility index (Phi) is 3.03. The minimum atomic E-state index is -1.09. The van der Waals surface area contributed by atoms with Crippen LogP contribution in [0.15, 0.2) is 30.9 Å². The number of pyridine rings is 1. The lowest BCUT2D eigenvalue weighted by Gasteiger charge is -2.14. The van der Waals surface area contributed by atoms with E-state index in [-0.39, 0.29) is 5.56 Å². The normalized spacial score (nSPS) is 10.4. The Balaban J connectivity index is 3.12. The molecule has 1 heterocycles. The highest BCUT2D eigenvalue weighted by molar-refractivity contribution is 5.94. The second-order valence-electron chi connectivity index (χ2n) is 2.45. The molecule has 0 atom stereocenters. The van der Waals surface area contributed by atoms with E-state index in [0.717, 1.165) is 5.01 Å². The molecule has 74 valence electrons. The number of aromatic nitrogens is 1. The molecule has 0 radical (unpaired) electrons. The van der Waals surface area contributed by atoms with Crippen molar-refractivity contribution in [2.45, 2.75) is 0 Å². The SMILES string of the molecule is N/C=C\N(N)c1ccncc1C(=O)O. The van der Waals surface area contributed by atoms with Gasteiger partial charge in [0.2, 0.25) is 0 Å². The summed E-state index contributed by atoms with van der Waals surface area (Å²) < 4.78 is 0. The molecule has 0 aliphatic carbocycles. The minimum Gasteiger partial charge on any atom is -0.478 e. The minimum absolute atomic E-state index is 0.0214. The van der Waals surface area contributed by atoms with Crippen molar-refractivity contribution in [2.24, 2.45) is 11.6 Å². The molecule has 1 aromatic rings. The van der Waals surface area contributed by atoms with Crippen molar-refractivity contribution in [1.82, 2.24) is 4.98 Å². The van der Waals surface area contributed by atoms with Gasteiger partial charge < -0.3 is 10.8 Å². The van der Waals surface area contributed by atoms with Crippen LogP contribution in [-0.2, 0) is 0 Å². The molecule has 0 aliphatic heterocycles. The van der Waals surface area contributed by atoms with Crippen molar-refractivity contribution >= 4 is 11.7 Å². The number of carboxylic acid groups (broad SMARTS) is 1. The Hall–Kier alpha value is -2.08. The second-order valence-corrected chi connectivity index (χ2v) is 2.45. The van der Waals surface area contributed by atoms with Gasteiger partial charge in [-0.15, -0.1) is 0 Å². The monoisotopic (exact) mass is 194 g/mol. The van der Waals surface area contributed by atoms with E-state index in [2.05, 4.69) is 4.98 Å². The molecule has 0 saturated carbocycles. The quantitative estimate of drug-likeness (QED) is 0.458. The number of anilines is 1. The smallest absolute Gasteiger partial charge is 0.339 e. The summed E-state index contributed by atoms with van der Waals surface area (Å²) in [5.74, 6) is 4.43. The number of hydrazine groups is 1. The van der Waals surface area contributed by atoms with Crippen molar-refractivity contribution in [1.29, 1.82) is 0 Å². The lowest BCUT2D eigenvalue weighted by Crippen LogP contribution is -2.26. The van der Waals surface area contributed by atoms with Crippen LogP contribution in [0.25, 0.3) is 0 Å². The highest BCUT2D eigenvalue weighted by atomic mass is 16.4. The predicted molar refractivity (Wildman–Crippen MR) is 51.2 cm³/mol. The van der Waals surface area contributed by atoms with Gasteiger partial charge in [-0.3, -0.25) is 9.99 Å². The van der Waals surface area contributed by atoms with Crippen LogP contribution in [0.1, 0.15) is 10.4 Å². The number of hydrogen-bond acceptors (Lipinski definition) is 5. The molecule has 1 rings (SSSR count). The van der Waals surface area contributed by atoms with Crippen LogP contribution < -0.4 is 16.6 Å². The summed E-state index contributed by atoms with van der Waals surface area (Å²) in [4.78, 5) is 14.4. The molecule has 0 unspecified atom stereocenters. The first-order valence-electron chi connectivity index (χ1n) is 3.76. The van der Waals surface area contributed by atoms with Gasteiger partial charge in [0, 0.05) is 24.8 Å². The molecule has 6 heteroatoms. The standard InChI is InChI=1S/C8H10N4O2/c9-2-4-12(10)7-1-3-11-5-6(7)8(13)14/h1-5H,9-10H2,(H,13,14)/b4-2-. The van der Waals surface area contributed by atoms with Gasteiger partial charge in [0.25, 0.3) is 0 Å². The number of aromatic carboxylic acids is 1. The van der Waals surface area contributed by atoms with Gasteiger partial charge in [-0.25, -0.2) is 10.6 Å². The van der Waals surface area contributed by atoms with Crippen molar-refractivity contribution < 1.29 is 9.90 Å². The van der Waals surface area contributed by atoms with Gasteiger partial charge in [-0.2, -0.15) is 0 Å². The van der Waals surface area contributed by atoms with E-state index in [9.17, 15) is 4.79 Å². The maximum atomic E-state index is 10.8. The van der Waals surface area contributed by atoms with E-state index in [4.69, 9.17) is 16.7 Å². The molecule has 5 N–H and O–H groups in total.